The molecule has 1 aliphatic heterocycles. The second-order valence-corrected chi connectivity index (χ2v) is 9.34. The molecule has 1 fully saturated rings. The first-order chi connectivity index (χ1) is 17.8. The van der Waals surface area contributed by atoms with Crippen LogP contribution < -0.4 is 0 Å². The van der Waals surface area contributed by atoms with Crippen LogP contribution in [-0.4, -0.2) is 47.2 Å². The molecule has 1 aliphatic rings. The minimum Gasteiger partial charge on any atom is -0.487 e. The Hall–Kier alpha value is -3.10. The summed E-state index contributed by atoms with van der Waals surface area (Å²) in [5, 5.41) is 9.67. The van der Waals surface area contributed by atoms with E-state index in [2.05, 4.69) is 30.6 Å². The second kappa shape index (κ2) is 14.0. The summed E-state index contributed by atoms with van der Waals surface area (Å²) < 4.78 is 24.4. The van der Waals surface area contributed by atoms with Gasteiger partial charge in [-0.05, 0) is 56.5 Å². The third-order valence-corrected chi connectivity index (χ3v) is 5.95. The van der Waals surface area contributed by atoms with E-state index in [4.69, 9.17) is 30.5 Å². The maximum Gasteiger partial charge on any atom is 0.305 e. The molecule has 1 aromatic carbocycles. The van der Waals surface area contributed by atoms with Crippen molar-refractivity contribution in [2.75, 3.05) is 26.4 Å². The van der Waals surface area contributed by atoms with Crippen LogP contribution in [0.15, 0.2) is 54.5 Å². The first-order valence-electron chi connectivity index (χ1n) is 12.6. The highest BCUT2D eigenvalue weighted by atomic mass is 35.5. The van der Waals surface area contributed by atoms with Gasteiger partial charge in [-0.2, -0.15) is 0 Å². The number of esters is 1. The standard InChI is InChI=1S/C28H36ClN3O5/c1-6-34-26(33)14-13-25(36-15-9-7-8-10-24-21(5)35-16-17-37-24)28-31-30-27(19(2)3)32(28)23-12-11-22(29)18-20(23)4/h7-8,10-12,18-19,25H,5-6,9,13-17H2,1-4H3/b8-7-,24-10+. The fraction of sp³-hybridized carbons (Fsp3) is 0.464. The first kappa shape index (κ1) is 28.5. The van der Waals surface area contributed by atoms with E-state index >= 15 is 0 Å². The molecule has 0 saturated carbocycles. The van der Waals surface area contributed by atoms with Crippen molar-refractivity contribution >= 4 is 17.6 Å². The van der Waals surface area contributed by atoms with Crippen LogP contribution in [0.5, 0.6) is 0 Å². The number of allylic oxidation sites excluding steroid dienone is 2. The van der Waals surface area contributed by atoms with Gasteiger partial charge in [-0.1, -0.05) is 44.2 Å². The molecule has 0 amide bonds. The van der Waals surface area contributed by atoms with E-state index in [1.54, 1.807) is 6.92 Å². The number of benzene rings is 1. The molecule has 2 heterocycles. The minimum atomic E-state index is -0.457. The molecule has 0 bridgehead atoms. The van der Waals surface area contributed by atoms with Gasteiger partial charge in [0.05, 0.1) is 18.9 Å². The summed E-state index contributed by atoms with van der Waals surface area (Å²) in [4.78, 5) is 12.1. The summed E-state index contributed by atoms with van der Waals surface area (Å²) in [5.74, 6) is 2.47. The van der Waals surface area contributed by atoms with Crippen molar-refractivity contribution < 1.29 is 23.7 Å². The second-order valence-electron chi connectivity index (χ2n) is 8.91. The van der Waals surface area contributed by atoms with E-state index < -0.39 is 6.10 Å². The Morgan fingerprint density at radius 2 is 2.00 bits per heavy atom. The highest BCUT2D eigenvalue weighted by molar-refractivity contribution is 6.30. The van der Waals surface area contributed by atoms with Crippen molar-refractivity contribution in [2.45, 2.75) is 59.0 Å². The summed E-state index contributed by atoms with van der Waals surface area (Å²) in [6.45, 7) is 13.6. The summed E-state index contributed by atoms with van der Waals surface area (Å²) in [6.07, 6.45) is 6.52. The van der Waals surface area contributed by atoms with Gasteiger partial charge in [0, 0.05) is 17.4 Å². The van der Waals surface area contributed by atoms with Crippen LogP contribution in [0.3, 0.4) is 0 Å². The SMILES string of the molecule is C=C1OCCO/C1=C/C=C\CCOC(CCC(=O)OCC)c1nnc(C(C)C)n1-c1ccc(Cl)cc1C. The third kappa shape index (κ3) is 7.94. The topological polar surface area (TPSA) is 84.7 Å². The molecular formula is C28H36ClN3O5. The number of nitrogens with zero attached hydrogens (tertiary/aromatic N) is 3. The normalized spacial score (nSPS) is 15.7. The number of halogens is 1. The molecule has 0 aliphatic carbocycles. The van der Waals surface area contributed by atoms with E-state index in [1.165, 1.54) is 0 Å². The fourth-order valence-corrected chi connectivity index (χ4v) is 4.14. The summed E-state index contributed by atoms with van der Waals surface area (Å²) in [6, 6.07) is 5.72. The van der Waals surface area contributed by atoms with Gasteiger partial charge in [0.25, 0.3) is 0 Å². The smallest absolute Gasteiger partial charge is 0.305 e. The fourth-order valence-electron chi connectivity index (χ4n) is 3.92. The lowest BCUT2D eigenvalue weighted by Gasteiger charge is -2.21. The van der Waals surface area contributed by atoms with Gasteiger partial charge in [0.1, 0.15) is 25.1 Å². The van der Waals surface area contributed by atoms with Crippen molar-refractivity contribution in [3.05, 3.63) is 76.8 Å². The predicted octanol–water partition coefficient (Wildman–Crippen LogP) is 6.14. The number of rotatable bonds is 12. The Kier molecular flexibility index (Phi) is 10.8. The molecule has 0 spiro atoms. The lowest BCUT2D eigenvalue weighted by molar-refractivity contribution is -0.144. The summed E-state index contributed by atoms with van der Waals surface area (Å²) in [5.41, 5.74) is 1.92. The van der Waals surface area contributed by atoms with Gasteiger partial charge in [-0.25, -0.2) is 0 Å². The van der Waals surface area contributed by atoms with Crippen molar-refractivity contribution in [3.8, 4) is 5.69 Å². The monoisotopic (exact) mass is 529 g/mol. The average Bonchev–Trinajstić information content (AvgIpc) is 3.29. The molecule has 3 rings (SSSR count). The van der Waals surface area contributed by atoms with Crippen LogP contribution in [0.1, 0.15) is 69.3 Å². The maximum absolute atomic E-state index is 12.1. The van der Waals surface area contributed by atoms with Crippen LogP contribution >= 0.6 is 11.6 Å². The first-order valence-corrected chi connectivity index (χ1v) is 13.0. The van der Waals surface area contributed by atoms with Crippen molar-refractivity contribution in [3.63, 3.8) is 0 Å². The predicted molar refractivity (Wildman–Crippen MR) is 143 cm³/mol. The molecule has 0 radical (unpaired) electrons. The molecule has 0 N–H and O–H groups in total. The number of hydrogen-bond acceptors (Lipinski definition) is 7. The van der Waals surface area contributed by atoms with Gasteiger partial charge >= 0.3 is 5.97 Å². The molecule has 1 unspecified atom stereocenters. The van der Waals surface area contributed by atoms with Crippen LogP contribution in [0.25, 0.3) is 5.69 Å². The Labute approximate surface area is 223 Å². The molecule has 2 aromatic rings. The molecule has 9 heteroatoms. The Balaban J connectivity index is 1.80. The van der Waals surface area contributed by atoms with E-state index in [0.29, 0.717) is 61.6 Å². The van der Waals surface area contributed by atoms with Crippen molar-refractivity contribution in [1.29, 1.82) is 0 Å². The van der Waals surface area contributed by atoms with Crippen LogP contribution in [0.4, 0.5) is 0 Å². The number of carbonyl (C=O) groups excluding carboxylic acids is 1. The zero-order chi connectivity index (χ0) is 26.8. The highest BCUT2D eigenvalue weighted by Gasteiger charge is 2.26. The molecule has 200 valence electrons. The van der Waals surface area contributed by atoms with Gasteiger partial charge in [0.2, 0.25) is 0 Å². The van der Waals surface area contributed by atoms with Crippen LogP contribution in [0.2, 0.25) is 5.02 Å². The molecule has 8 nitrogen and oxygen atoms in total. The largest absolute Gasteiger partial charge is 0.487 e. The number of ether oxygens (including phenoxy) is 4. The molecule has 1 aromatic heterocycles. The molecule has 1 saturated heterocycles. The average molecular weight is 530 g/mol. The van der Waals surface area contributed by atoms with Crippen LogP contribution in [0, 0.1) is 6.92 Å². The minimum absolute atomic E-state index is 0.124. The quantitative estimate of drug-likeness (QED) is 0.241. The van der Waals surface area contributed by atoms with Gasteiger partial charge in [-0.15, -0.1) is 10.2 Å². The number of hydrogen-bond donors (Lipinski definition) is 0. The van der Waals surface area contributed by atoms with Crippen LogP contribution in [-0.2, 0) is 23.7 Å². The zero-order valence-electron chi connectivity index (χ0n) is 22.0. The molecule has 1 atom stereocenters. The van der Waals surface area contributed by atoms with E-state index in [-0.39, 0.29) is 18.3 Å². The summed E-state index contributed by atoms with van der Waals surface area (Å²) >= 11 is 6.22. The number of carbonyl (C=O) groups is 1. The Bertz CT molecular complexity index is 1140. The summed E-state index contributed by atoms with van der Waals surface area (Å²) in [7, 11) is 0. The van der Waals surface area contributed by atoms with E-state index in [0.717, 1.165) is 17.1 Å². The zero-order valence-corrected chi connectivity index (χ0v) is 22.8. The Morgan fingerprint density at radius 3 is 2.70 bits per heavy atom. The van der Waals surface area contributed by atoms with E-state index in [9.17, 15) is 4.79 Å². The maximum atomic E-state index is 12.1. The highest BCUT2D eigenvalue weighted by Crippen LogP contribution is 2.30. The van der Waals surface area contributed by atoms with Gasteiger partial charge in [-0.3, -0.25) is 9.36 Å². The van der Waals surface area contributed by atoms with Crippen molar-refractivity contribution in [2.24, 2.45) is 0 Å². The van der Waals surface area contributed by atoms with E-state index in [1.807, 2.05) is 47.9 Å². The van der Waals surface area contributed by atoms with Gasteiger partial charge in [0.15, 0.2) is 17.3 Å². The third-order valence-electron chi connectivity index (χ3n) is 5.71. The van der Waals surface area contributed by atoms with Crippen molar-refractivity contribution in [1.82, 2.24) is 14.8 Å². The number of aryl methyl sites for hydroxylation is 1. The molecular weight excluding hydrogens is 494 g/mol. The lowest BCUT2D eigenvalue weighted by Crippen LogP contribution is -2.16. The number of aromatic nitrogens is 3. The van der Waals surface area contributed by atoms with Gasteiger partial charge < -0.3 is 18.9 Å². The Morgan fingerprint density at radius 1 is 1.24 bits per heavy atom. The lowest BCUT2D eigenvalue weighted by atomic mass is 10.1. The molecule has 37 heavy (non-hydrogen) atoms.